The highest BCUT2D eigenvalue weighted by Gasteiger charge is 2.54. The lowest BCUT2D eigenvalue weighted by Crippen LogP contribution is -2.25. The summed E-state index contributed by atoms with van der Waals surface area (Å²) in [7, 11) is 0. The maximum atomic E-state index is 7.22. The van der Waals surface area contributed by atoms with Crippen molar-refractivity contribution >= 4 is 17.1 Å². The first-order valence-electron chi connectivity index (χ1n) is 22.5. The lowest BCUT2D eigenvalue weighted by molar-refractivity contribution is 0.361. The van der Waals surface area contributed by atoms with Crippen LogP contribution in [0, 0.1) is 0 Å². The molecule has 0 saturated heterocycles. The van der Waals surface area contributed by atoms with E-state index in [1.807, 2.05) is 6.07 Å². The fourth-order valence-electron chi connectivity index (χ4n) is 12.6. The van der Waals surface area contributed by atoms with E-state index >= 15 is 0 Å². The van der Waals surface area contributed by atoms with E-state index in [9.17, 15) is 0 Å². The summed E-state index contributed by atoms with van der Waals surface area (Å²) in [5.41, 5.74) is 22.3. The number of fused-ring (bicyclic) bond motifs is 23. The van der Waals surface area contributed by atoms with E-state index in [2.05, 4.69) is 223 Å². The molecule has 10 aromatic carbocycles. The van der Waals surface area contributed by atoms with Crippen molar-refractivity contribution in [1.82, 2.24) is 0 Å². The molecule has 0 aromatic heterocycles. The van der Waals surface area contributed by atoms with Crippen LogP contribution in [0.25, 0.3) is 44.5 Å². The Labute approximate surface area is 377 Å². The van der Waals surface area contributed by atoms with Gasteiger partial charge in [0, 0.05) is 16.9 Å². The Morgan fingerprint density at radius 1 is 0.277 bits per heavy atom. The van der Waals surface area contributed by atoms with Crippen molar-refractivity contribution in [1.29, 1.82) is 0 Å². The second-order valence-electron chi connectivity index (χ2n) is 17.8. The maximum absolute atomic E-state index is 7.22. The summed E-state index contributed by atoms with van der Waals surface area (Å²) >= 11 is 0. The van der Waals surface area contributed by atoms with E-state index in [-0.39, 0.29) is 0 Å². The molecule has 65 heavy (non-hydrogen) atoms. The van der Waals surface area contributed by atoms with Crippen LogP contribution in [0.1, 0.15) is 44.5 Å². The summed E-state index contributed by atoms with van der Waals surface area (Å²) in [4.78, 5) is 2.32. The number of rotatable bonds is 3. The zero-order valence-corrected chi connectivity index (χ0v) is 35.1. The largest absolute Gasteiger partial charge is 0.449 e. The zero-order chi connectivity index (χ0) is 42.4. The van der Waals surface area contributed by atoms with Gasteiger partial charge in [0.15, 0.2) is 23.0 Å². The Kier molecular flexibility index (Phi) is 6.82. The second-order valence-corrected chi connectivity index (χ2v) is 17.8. The minimum atomic E-state index is -0.475. The maximum Gasteiger partial charge on any atom is 0.194 e. The van der Waals surface area contributed by atoms with Crippen molar-refractivity contribution in [3.63, 3.8) is 0 Å². The summed E-state index contributed by atoms with van der Waals surface area (Å²) in [6, 6.07) is 81.9. The number of nitrogens with zero attached hydrogens (tertiary/aromatic N) is 1. The van der Waals surface area contributed by atoms with Crippen LogP contribution in [0.4, 0.5) is 17.1 Å². The van der Waals surface area contributed by atoms with Crippen LogP contribution in [-0.4, -0.2) is 0 Å². The van der Waals surface area contributed by atoms with Gasteiger partial charge in [-0.05, 0) is 126 Å². The van der Waals surface area contributed by atoms with Gasteiger partial charge in [-0.15, -0.1) is 0 Å². The Bertz CT molecular complexity index is 3610. The average Bonchev–Trinajstić information content (AvgIpc) is 4.05. The molecule has 0 atom stereocenters. The molecule has 0 bridgehead atoms. The highest BCUT2D eigenvalue weighted by molar-refractivity contribution is 5.99. The topological polar surface area (TPSA) is 21.7 Å². The zero-order valence-electron chi connectivity index (χ0n) is 35.1. The van der Waals surface area contributed by atoms with Crippen molar-refractivity contribution in [2.24, 2.45) is 0 Å². The van der Waals surface area contributed by atoms with Crippen LogP contribution >= 0.6 is 0 Å². The third-order valence-electron chi connectivity index (χ3n) is 15.0. The normalized spacial score (nSPS) is 14.6. The van der Waals surface area contributed by atoms with Crippen LogP contribution in [0.3, 0.4) is 0 Å². The Balaban J connectivity index is 0.906. The van der Waals surface area contributed by atoms with Gasteiger partial charge in [-0.1, -0.05) is 182 Å². The van der Waals surface area contributed by atoms with E-state index in [1.54, 1.807) is 0 Å². The van der Waals surface area contributed by atoms with E-state index in [4.69, 9.17) is 9.47 Å². The molecule has 0 radical (unpaired) electrons. The summed E-state index contributed by atoms with van der Waals surface area (Å²) < 4.78 is 14.4. The molecular formula is C62H37NO2. The van der Waals surface area contributed by atoms with Gasteiger partial charge in [-0.3, -0.25) is 0 Å². The SMILES string of the molecule is c1ccc(N(c2ccc3c(c2)-c2ccccc2C32c3ccccc3-c3ccccc32)c2cccc3c2Oc2ccc4c(c2O3)-c2ccccc2C42c3ccccc3-c3ccccc32)cc1. The van der Waals surface area contributed by atoms with Gasteiger partial charge in [0.2, 0.25) is 0 Å². The molecule has 4 aliphatic carbocycles. The molecule has 0 saturated carbocycles. The molecule has 3 nitrogen and oxygen atoms in total. The number of ether oxygens (including phenoxy) is 2. The smallest absolute Gasteiger partial charge is 0.194 e. The third-order valence-corrected chi connectivity index (χ3v) is 15.0. The van der Waals surface area contributed by atoms with Gasteiger partial charge in [-0.2, -0.15) is 0 Å². The van der Waals surface area contributed by atoms with Crippen molar-refractivity contribution in [2.45, 2.75) is 10.8 Å². The van der Waals surface area contributed by atoms with Crippen molar-refractivity contribution in [2.75, 3.05) is 4.90 Å². The third kappa shape index (κ3) is 4.26. The minimum Gasteiger partial charge on any atom is -0.449 e. The molecule has 1 heterocycles. The van der Waals surface area contributed by atoms with Gasteiger partial charge in [0.05, 0.1) is 16.5 Å². The van der Waals surface area contributed by atoms with E-state index in [0.717, 1.165) is 28.4 Å². The highest BCUT2D eigenvalue weighted by atomic mass is 16.6. The molecule has 2 spiro atoms. The minimum absolute atomic E-state index is 0.415. The van der Waals surface area contributed by atoms with Crippen LogP contribution < -0.4 is 14.4 Å². The molecule has 0 unspecified atom stereocenters. The number of hydrogen-bond acceptors (Lipinski definition) is 3. The number of para-hydroxylation sites is 2. The molecule has 1 aliphatic heterocycles. The van der Waals surface area contributed by atoms with Crippen LogP contribution in [0.15, 0.2) is 224 Å². The molecule has 302 valence electrons. The van der Waals surface area contributed by atoms with Crippen molar-refractivity contribution in [3.8, 4) is 67.5 Å². The van der Waals surface area contributed by atoms with Crippen molar-refractivity contribution < 1.29 is 9.47 Å². The Morgan fingerprint density at radius 2 is 0.692 bits per heavy atom. The van der Waals surface area contributed by atoms with E-state index in [1.165, 1.54) is 83.5 Å². The van der Waals surface area contributed by atoms with Gasteiger partial charge >= 0.3 is 0 Å². The summed E-state index contributed by atoms with van der Waals surface area (Å²) in [6.07, 6.45) is 0. The lowest BCUT2D eigenvalue weighted by atomic mass is 9.70. The summed E-state index contributed by atoms with van der Waals surface area (Å²) in [5, 5.41) is 0. The molecule has 15 rings (SSSR count). The Morgan fingerprint density at radius 3 is 1.26 bits per heavy atom. The van der Waals surface area contributed by atoms with Crippen LogP contribution in [0.2, 0.25) is 0 Å². The first kappa shape index (κ1) is 35.1. The number of hydrogen-bond donors (Lipinski definition) is 0. The molecular weight excluding hydrogens is 791 g/mol. The monoisotopic (exact) mass is 827 g/mol. The molecule has 0 N–H and O–H groups in total. The Hall–Kier alpha value is -8.40. The predicted octanol–water partition coefficient (Wildman–Crippen LogP) is 15.7. The molecule has 0 fully saturated rings. The lowest BCUT2D eigenvalue weighted by Gasteiger charge is -2.33. The van der Waals surface area contributed by atoms with Gasteiger partial charge < -0.3 is 14.4 Å². The fourth-order valence-corrected chi connectivity index (χ4v) is 12.6. The first-order chi connectivity index (χ1) is 32.3. The average molecular weight is 828 g/mol. The fraction of sp³-hybridized carbons (Fsp3) is 0.0323. The summed E-state index contributed by atoms with van der Waals surface area (Å²) in [6.45, 7) is 0. The molecule has 5 aliphatic rings. The van der Waals surface area contributed by atoms with Crippen LogP contribution in [-0.2, 0) is 10.8 Å². The number of benzene rings is 10. The van der Waals surface area contributed by atoms with E-state index < -0.39 is 10.8 Å². The van der Waals surface area contributed by atoms with Crippen LogP contribution in [0.5, 0.6) is 23.0 Å². The standard InChI is InChI=1S/C62H37NO2/c1-2-17-38(18-3-1)63(39-33-34-53-46(37-39)44-23-8-14-29-51(44)61(53)47-25-10-4-19-40(47)41-20-5-11-26-48(41)61)55-31-16-32-56-59(55)64-57-36-35-54-58(60(57)65-56)45-24-9-15-30-52(45)62(54)49-27-12-6-21-42(49)43-22-7-13-28-50(43)62/h1-37H. The second kappa shape index (κ2) is 12.6. The predicted molar refractivity (Wildman–Crippen MR) is 260 cm³/mol. The van der Waals surface area contributed by atoms with E-state index in [0.29, 0.717) is 17.2 Å². The van der Waals surface area contributed by atoms with Gasteiger partial charge in [-0.25, -0.2) is 0 Å². The quantitative estimate of drug-likeness (QED) is 0.177. The number of anilines is 3. The van der Waals surface area contributed by atoms with Gasteiger partial charge in [0.1, 0.15) is 0 Å². The van der Waals surface area contributed by atoms with Crippen molar-refractivity contribution in [3.05, 3.63) is 269 Å². The molecule has 3 heteroatoms. The highest BCUT2D eigenvalue weighted by Crippen LogP contribution is 2.68. The molecule has 0 amide bonds. The molecule has 10 aromatic rings. The summed E-state index contributed by atoms with van der Waals surface area (Å²) in [5.74, 6) is 2.81. The first-order valence-corrected chi connectivity index (χ1v) is 22.5. The van der Waals surface area contributed by atoms with Gasteiger partial charge in [0.25, 0.3) is 0 Å².